The lowest BCUT2D eigenvalue weighted by Crippen LogP contribution is -2.14. The van der Waals surface area contributed by atoms with Crippen LogP contribution in [0.1, 0.15) is 52.9 Å². The first-order chi connectivity index (χ1) is 11.9. The summed E-state index contributed by atoms with van der Waals surface area (Å²) in [7, 11) is 0. The Morgan fingerprint density at radius 3 is 2.56 bits per heavy atom. The minimum Gasteiger partial charge on any atom is -0.461 e. The molecule has 1 amide bonds. The molecule has 0 radical (unpaired) electrons. The molecule has 0 unspecified atom stereocenters. The number of aromatic nitrogens is 3. The molecule has 2 heterocycles. The molecule has 0 spiro atoms. The van der Waals surface area contributed by atoms with E-state index >= 15 is 0 Å². The number of nitrogens with zero attached hydrogens (tertiary/aromatic N) is 3. The van der Waals surface area contributed by atoms with Crippen LogP contribution in [0.4, 0.5) is 5.13 Å². The second-order valence-electron chi connectivity index (χ2n) is 5.16. The Labute approximate surface area is 155 Å². The highest BCUT2D eigenvalue weighted by atomic mass is 32.2. The first-order valence-corrected chi connectivity index (χ1v) is 9.89. The number of hydrogen-bond acceptors (Lipinski definition) is 7. The van der Waals surface area contributed by atoms with Crippen LogP contribution < -0.4 is 5.32 Å². The molecule has 0 bridgehead atoms. The van der Waals surface area contributed by atoms with Gasteiger partial charge in [0.1, 0.15) is 5.69 Å². The maximum atomic E-state index is 12.7. The van der Waals surface area contributed by atoms with Crippen molar-refractivity contribution in [2.75, 3.05) is 17.7 Å². The Morgan fingerprint density at radius 1 is 1.24 bits per heavy atom. The zero-order valence-electron chi connectivity index (χ0n) is 15.0. The second kappa shape index (κ2) is 8.48. The van der Waals surface area contributed by atoms with Crippen molar-refractivity contribution in [3.63, 3.8) is 0 Å². The third kappa shape index (κ3) is 4.04. The van der Waals surface area contributed by atoms with E-state index in [0.29, 0.717) is 28.5 Å². The van der Waals surface area contributed by atoms with Crippen LogP contribution in [0.3, 0.4) is 0 Å². The van der Waals surface area contributed by atoms with Crippen LogP contribution in [-0.2, 0) is 11.3 Å². The number of anilines is 1. The Morgan fingerprint density at radius 2 is 1.96 bits per heavy atom. The quantitative estimate of drug-likeness (QED) is 0.448. The number of esters is 1. The largest absolute Gasteiger partial charge is 0.461 e. The van der Waals surface area contributed by atoms with E-state index in [2.05, 4.69) is 15.5 Å². The molecule has 2 rings (SSSR count). The molecule has 2 aromatic heterocycles. The highest BCUT2D eigenvalue weighted by molar-refractivity contribution is 8.01. The number of hydrogen-bond donors (Lipinski definition) is 1. The normalized spacial score (nSPS) is 10.8. The number of amides is 1. The van der Waals surface area contributed by atoms with Crippen molar-refractivity contribution in [3.8, 4) is 0 Å². The van der Waals surface area contributed by atoms with Crippen molar-refractivity contribution in [1.82, 2.24) is 14.8 Å². The highest BCUT2D eigenvalue weighted by Gasteiger charge is 2.27. The smallest absolute Gasteiger partial charge is 0.355 e. The maximum absolute atomic E-state index is 12.7. The number of thioether (sulfide) groups is 1. The predicted molar refractivity (Wildman–Crippen MR) is 99.8 cm³/mol. The van der Waals surface area contributed by atoms with E-state index in [1.54, 1.807) is 30.2 Å². The first-order valence-electron chi connectivity index (χ1n) is 8.08. The van der Waals surface area contributed by atoms with Gasteiger partial charge in [0.05, 0.1) is 12.2 Å². The monoisotopic (exact) mass is 382 g/mol. The van der Waals surface area contributed by atoms with Gasteiger partial charge in [-0.15, -0.1) is 10.2 Å². The lowest BCUT2D eigenvalue weighted by atomic mass is 10.1. The summed E-state index contributed by atoms with van der Waals surface area (Å²) in [5.41, 5.74) is 2.24. The summed E-state index contributed by atoms with van der Waals surface area (Å²) in [4.78, 5) is 25.0. The summed E-state index contributed by atoms with van der Waals surface area (Å²) in [6.07, 6.45) is 0. The van der Waals surface area contributed by atoms with Gasteiger partial charge >= 0.3 is 5.97 Å². The topological polar surface area (TPSA) is 86.1 Å². The van der Waals surface area contributed by atoms with Crippen molar-refractivity contribution in [1.29, 1.82) is 0 Å². The van der Waals surface area contributed by atoms with E-state index in [-0.39, 0.29) is 12.5 Å². The first kappa shape index (κ1) is 19.5. The van der Waals surface area contributed by atoms with E-state index in [9.17, 15) is 9.59 Å². The SMILES string of the molecule is CCOC(=O)c1c(C)c(C(=O)Nc2nnc(SCC)s2)c(C)n1CC. The average Bonchev–Trinajstić information content (AvgIpc) is 3.09. The number of ether oxygens (including phenoxy) is 1. The average molecular weight is 383 g/mol. The third-order valence-corrected chi connectivity index (χ3v) is 5.53. The second-order valence-corrected chi connectivity index (χ2v) is 7.65. The number of carbonyl (C=O) groups excluding carboxylic acids is 2. The van der Waals surface area contributed by atoms with Crippen LogP contribution in [0.5, 0.6) is 0 Å². The van der Waals surface area contributed by atoms with E-state index in [1.807, 2.05) is 20.8 Å². The van der Waals surface area contributed by atoms with Crippen LogP contribution in [0, 0.1) is 13.8 Å². The van der Waals surface area contributed by atoms with Gasteiger partial charge in [0.15, 0.2) is 4.34 Å². The van der Waals surface area contributed by atoms with Crippen LogP contribution in [0.2, 0.25) is 0 Å². The molecule has 0 fully saturated rings. The lowest BCUT2D eigenvalue weighted by Gasteiger charge is -2.08. The number of carbonyl (C=O) groups is 2. The van der Waals surface area contributed by atoms with Gasteiger partial charge in [-0.1, -0.05) is 30.0 Å². The Balaban J connectivity index is 2.34. The molecule has 0 aliphatic rings. The minimum atomic E-state index is -0.415. The number of nitrogens with one attached hydrogen (secondary N) is 1. The molecular formula is C16H22N4O3S2. The predicted octanol–water partition coefficient (Wildman–Crippen LogP) is 3.52. The fourth-order valence-electron chi connectivity index (χ4n) is 2.69. The molecule has 0 aliphatic carbocycles. The minimum absolute atomic E-state index is 0.288. The van der Waals surface area contributed by atoms with Gasteiger partial charge in [-0.2, -0.15) is 0 Å². The Bertz CT molecular complexity index is 783. The maximum Gasteiger partial charge on any atom is 0.355 e. The Kier molecular flexibility index (Phi) is 6.60. The van der Waals surface area contributed by atoms with E-state index in [4.69, 9.17) is 4.74 Å². The van der Waals surface area contributed by atoms with Crippen molar-refractivity contribution >= 4 is 40.1 Å². The van der Waals surface area contributed by atoms with Gasteiger partial charge in [0, 0.05) is 12.2 Å². The summed E-state index contributed by atoms with van der Waals surface area (Å²) < 4.78 is 7.75. The summed E-state index contributed by atoms with van der Waals surface area (Å²) in [5.74, 6) is 0.182. The summed E-state index contributed by atoms with van der Waals surface area (Å²) in [6, 6.07) is 0. The highest BCUT2D eigenvalue weighted by Crippen LogP contribution is 2.27. The molecule has 1 N–H and O–H groups in total. The van der Waals surface area contributed by atoms with Crippen molar-refractivity contribution in [2.24, 2.45) is 0 Å². The van der Waals surface area contributed by atoms with Crippen LogP contribution in [0.15, 0.2) is 4.34 Å². The molecule has 0 saturated carbocycles. The van der Waals surface area contributed by atoms with E-state index in [0.717, 1.165) is 15.8 Å². The molecule has 9 heteroatoms. The van der Waals surface area contributed by atoms with Gasteiger partial charge in [-0.05, 0) is 39.0 Å². The fourth-order valence-corrected chi connectivity index (χ4v) is 4.33. The summed E-state index contributed by atoms with van der Waals surface area (Å²) >= 11 is 2.91. The van der Waals surface area contributed by atoms with Gasteiger partial charge in [0.2, 0.25) is 5.13 Å². The number of rotatable bonds is 7. The zero-order valence-corrected chi connectivity index (χ0v) is 16.6. The lowest BCUT2D eigenvalue weighted by molar-refractivity contribution is 0.0512. The van der Waals surface area contributed by atoms with E-state index < -0.39 is 5.97 Å². The van der Waals surface area contributed by atoms with Crippen LogP contribution in [0.25, 0.3) is 0 Å². The van der Waals surface area contributed by atoms with Crippen molar-refractivity contribution in [3.05, 3.63) is 22.5 Å². The van der Waals surface area contributed by atoms with Gasteiger partial charge < -0.3 is 9.30 Å². The molecule has 25 heavy (non-hydrogen) atoms. The Hall–Kier alpha value is -1.87. The van der Waals surface area contributed by atoms with E-state index in [1.165, 1.54) is 11.3 Å². The molecule has 0 aromatic carbocycles. The molecule has 7 nitrogen and oxygen atoms in total. The van der Waals surface area contributed by atoms with Crippen LogP contribution in [-0.4, -0.2) is 39.0 Å². The molecule has 0 aliphatic heterocycles. The molecule has 136 valence electrons. The third-order valence-electron chi connectivity index (χ3n) is 3.67. The van der Waals surface area contributed by atoms with Crippen molar-refractivity contribution in [2.45, 2.75) is 45.5 Å². The van der Waals surface area contributed by atoms with Gasteiger partial charge in [-0.3, -0.25) is 10.1 Å². The summed E-state index contributed by atoms with van der Waals surface area (Å²) in [5, 5.41) is 11.2. The zero-order chi connectivity index (χ0) is 18.6. The van der Waals surface area contributed by atoms with Gasteiger partial charge in [0.25, 0.3) is 5.91 Å². The molecular weight excluding hydrogens is 360 g/mol. The molecule has 2 aromatic rings. The summed E-state index contributed by atoms with van der Waals surface area (Å²) in [6.45, 7) is 10.2. The van der Waals surface area contributed by atoms with Gasteiger partial charge in [-0.25, -0.2) is 4.79 Å². The van der Waals surface area contributed by atoms with Crippen molar-refractivity contribution < 1.29 is 14.3 Å². The molecule has 0 saturated heterocycles. The molecule has 0 atom stereocenters. The van der Waals surface area contributed by atoms with Crippen LogP contribution >= 0.6 is 23.1 Å². The standard InChI is InChI=1S/C16H22N4O3S2/c1-6-20-10(5)11(9(4)12(20)14(22)23-7-2)13(21)17-15-18-19-16(25-15)24-8-3/h6-8H2,1-5H3,(H,17,18,21). The fraction of sp³-hybridized carbons (Fsp3) is 0.500.